The summed E-state index contributed by atoms with van der Waals surface area (Å²) in [6, 6.07) is 8.04. The number of allylic oxidation sites excluding steroid dienone is 2. The maximum atomic E-state index is 5.69. The van der Waals surface area contributed by atoms with Crippen molar-refractivity contribution in [2.45, 2.75) is 55.4 Å². The summed E-state index contributed by atoms with van der Waals surface area (Å²) in [6.45, 7) is 16.1. The van der Waals surface area contributed by atoms with Gasteiger partial charge in [0.2, 0.25) is 0 Å². The number of para-hydroxylation sites is 1. The lowest BCUT2D eigenvalue weighted by molar-refractivity contribution is 0.418. The highest BCUT2D eigenvalue weighted by molar-refractivity contribution is 5.33. The summed E-state index contributed by atoms with van der Waals surface area (Å²) in [5.74, 6) is 1.93. The molecule has 0 atom stereocenters. The summed E-state index contributed by atoms with van der Waals surface area (Å²) in [5.41, 5.74) is 2.38. The van der Waals surface area contributed by atoms with Crippen molar-refractivity contribution >= 4 is 0 Å². The van der Waals surface area contributed by atoms with Crippen molar-refractivity contribution in [1.82, 2.24) is 0 Å². The van der Waals surface area contributed by atoms with Gasteiger partial charge in [-0.3, -0.25) is 0 Å². The van der Waals surface area contributed by atoms with Crippen LogP contribution in [0.2, 0.25) is 0 Å². The zero-order chi connectivity index (χ0) is 13.8. The SMILES string of the molecule is CC.CC.CC(C)=C(C)Oc1ccccc1C. The number of hydrogen-bond acceptors (Lipinski definition) is 1. The van der Waals surface area contributed by atoms with Gasteiger partial charge in [-0.05, 0) is 44.9 Å². The molecular weight excluding hydrogens is 208 g/mol. The van der Waals surface area contributed by atoms with Crippen LogP contribution < -0.4 is 4.74 Å². The minimum absolute atomic E-state index is 0.946. The van der Waals surface area contributed by atoms with E-state index in [9.17, 15) is 0 Å². The maximum absolute atomic E-state index is 5.69. The van der Waals surface area contributed by atoms with Gasteiger partial charge in [-0.2, -0.15) is 0 Å². The minimum Gasteiger partial charge on any atom is -0.462 e. The van der Waals surface area contributed by atoms with E-state index in [1.807, 2.05) is 79.7 Å². The van der Waals surface area contributed by atoms with Crippen LogP contribution in [0.5, 0.6) is 5.75 Å². The molecule has 0 spiro atoms. The fraction of sp³-hybridized carbons (Fsp3) is 0.500. The van der Waals surface area contributed by atoms with Crippen molar-refractivity contribution in [2.24, 2.45) is 0 Å². The Morgan fingerprint density at radius 2 is 1.35 bits per heavy atom. The lowest BCUT2D eigenvalue weighted by Crippen LogP contribution is -1.94. The number of benzene rings is 1. The molecule has 0 radical (unpaired) electrons. The van der Waals surface area contributed by atoms with Gasteiger partial charge in [-0.1, -0.05) is 45.9 Å². The van der Waals surface area contributed by atoms with Crippen LogP contribution in [0.3, 0.4) is 0 Å². The molecule has 0 bridgehead atoms. The Morgan fingerprint density at radius 3 is 1.76 bits per heavy atom. The summed E-state index contributed by atoms with van der Waals surface area (Å²) in [6.07, 6.45) is 0. The van der Waals surface area contributed by atoms with Crippen LogP contribution in [-0.4, -0.2) is 0 Å². The van der Waals surface area contributed by atoms with Crippen molar-refractivity contribution in [3.05, 3.63) is 41.2 Å². The molecule has 17 heavy (non-hydrogen) atoms. The van der Waals surface area contributed by atoms with Gasteiger partial charge in [-0.15, -0.1) is 0 Å². The average Bonchev–Trinajstić information content (AvgIpc) is 2.37. The molecule has 0 aliphatic rings. The Hall–Kier alpha value is -1.24. The van der Waals surface area contributed by atoms with Gasteiger partial charge in [0.15, 0.2) is 0 Å². The smallest absolute Gasteiger partial charge is 0.129 e. The quantitative estimate of drug-likeness (QED) is 0.595. The van der Waals surface area contributed by atoms with E-state index in [1.165, 1.54) is 11.1 Å². The van der Waals surface area contributed by atoms with E-state index in [0.29, 0.717) is 0 Å². The van der Waals surface area contributed by atoms with Crippen LogP contribution in [0.25, 0.3) is 0 Å². The van der Waals surface area contributed by atoms with Gasteiger partial charge >= 0.3 is 0 Å². The Kier molecular flexibility index (Phi) is 12.0. The van der Waals surface area contributed by atoms with Gasteiger partial charge < -0.3 is 4.74 Å². The molecule has 1 rings (SSSR count). The van der Waals surface area contributed by atoms with Crippen molar-refractivity contribution in [3.8, 4) is 5.75 Å². The van der Waals surface area contributed by atoms with Crippen LogP contribution in [0.4, 0.5) is 0 Å². The second-order valence-electron chi connectivity index (χ2n) is 3.42. The lowest BCUT2D eigenvalue weighted by atomic mass is 10.2. The molecule has 1 aromatic rings. The molecule has 1 heteroatoms. The molecule has 0 unspecified atom stereocenters. The Bertz CT molecular complexity index is 320. The van der Waals surface area contributed by atoms with Gasteiger partial charge in [0.25, 0.3) is 0 Å². The highest BCUT2D eigenvalue weighted by atomic mass is 16.5. The lowest BCUT2D eigenvalue weighted by Gasteiger charge is -2.09. The first-order valence-corrected chi connectivity index (χ1v) is 6.49. The van der Waals surface area contributed by atoms with E-state index >= 15 is 0 Å². The van der Waals surface area contributed by atoms with Crippen LogP contribution in [0, 0.1) is 6.92 Å². The zero-order valence-corrected chi connectivity index (χ0v) is 12.7. The number of ether oxygens (including phenoxy) is 1. The number of rotatable bonds is 2. The normalized spacial score (nSPS) is 8.00. The monoisotopic (exact) mass is 236 g/mol. The molecular formula is C16H28O. The van der Waals surface area contributed by atoms with Crippen molar-refractivity contribution < 1.29 is 4.74 Å². The van der Waals surface area contributed by atoms with Crippen LogP contribution in [-0.2, 0) is 0 Å². The topological polar surface area (TPSA) is 9.23 Å². The van der Waals surface area contributed by atoms with Gasteiger partial charge in [0.1, 0.15) is 5.75 Å². The largest absolute Gasteiger partial charge is 0.462 e. The Morgan fingerprint density at radius 1 is 0.882 bits per heavy atom. The summed E-state index contributed by atoms with van der Waals surface area (Å²) in [5, 5.41) is 0. The first-order chi connectivity index (χ1) is 8.11. The van der Waals surface area contributed by atoms with Crippen molar-refractivity contribution in [1.29, 1.82) is 0 Å². The average molecular weight is 236 g/mol. The highest BCUT2D eigenvalue weighted by Gasteiger charge is 1.99. The number of aryl methyl sites for hydroxylation is 1. The molecule has 0 aromatic heterocycles. The summed E-state index contributed by atoms with van der Waals surface area (Å²) >= 11 is 0. The fourth-order valence-electron chi connectivity index (χ4n) is 0.938. The molecule has 1 nitrogen and oxygen atoms in total. The third-order valence-corrected chi connectivity index (χ3v) is 2.06. The second kappa shape index (κ2) is 11.3. The van der Waals surface area contributed by atoms with Crippen LogP contribution in [0.1, 0.15) is 54.0 Å². The summed E-state index contributed by atoms with van der Waals surface area (Å²) in [4.78, 5) is 0. The molecule has 0 N–H and O–H groups in total. The predicted octanol–water partition coefficient (Wildman–Crippen LogP) is 5.74. The van der Waals surface area contributed by atoms with Gasteiger partial charge in [-0.25, -0.2) is 0 Å². The second-order valence-corrected chi connectivity index (χ2v) is 3.42. The molecule has 0 amide bonds. The molecule has 98 valence electrons. The first-order valence-electron chi connectivity index (χ1n) is 6.49. The summed E-state index contributed by atoms with van der Waals surface area (Å²) < 4.78 is 5.69. The maximum Gasteiger partial charge on any atom is 0.129 e. The van der Waals surface area contributed by atoms with E-state index < -0.39 is 0 Å². The van der Waals surface area contributed by atoms with E-state index in [4.69, 9.17) is 4.74 Å². The van der Waals surface area contributed by atoms with Gasteiger partial charge in [0, 0.05) is 0 Å². The van der Waals surface area contributed by atoms with Crippen LogP contribution >= 0.6 is 0 Å². The molecule has 0 heterocycles. The molecule has 1 aromatic carbocycles. The number of hydrogen-bond donors (Lipinski definition) is 0. The highest BCUT2D eigenvalue weighted by Crippen LogP contribution is 2.19. The molecule has 0 aliphatic heterocycles. The minimum atomic E-state index is 0.946. The summed E-state index contributed by atoms with van der Waals surface area (Å²) in [7, 11) is 0. The first kappa shape index (κ1) is 18.1. The van der Waals surface area contributed by atoms with Crippen molar-refractivity contribution in [3.63, 3.8) is 0 Å². The predicted molar refractivity (Wildman–Crippen MR) is 78.6 cm³/mol. The van der Waals surface area contributed by atoms with E-state index in [1.54, 1.807) is 0 Å². The van der Waals surface area contributed by atoms with E-state index in [2.05, 4.69) is 0 Å². The Balaban J connectivity index is 0. The van der Waals surface area contributed by atoms with Crippen LogP contribution in [0.15, 0.2) is 35.6 Å². The third-order valence-electron chi connectivity index (χ3n) is 2.06. The third kappa shape index (κ3) is 7.62. The van der Waals surface area contributed by atoms with Gasteiger partial charge in [0.05, 0.1) is 5.76 Å². The Labute approximate surface area is 108 Å². The molecule has 0 saturated heterocycles. The molecule has 0 aliphatic carbocycles. The molecule has 0 fully saturated rings. The fourth-order valence-corrected chi connectivity index (χ4v) is 0.938. The van der Waals surface area contributed by atoms with E-state index in [-0.39, 0.29) is 0 Å². The molecule has 0 saturated carbocycles. The van der Waals surface area contributed by atoms with Crippen molar-refractivity contribution in [2.75, 3.05) is 0 Å². The van der Waals surface area contributed by atoms with E-state index in [0.717, 1.165) is 11.5 Å². The standard InChI is InChI=1S/C12H16O.2C2H6/c1-9(2)11(4)13-12-8-6-5-7-10(12)3;2*1-2/h5-8H,1-4H3;2*1-2H3. The zero-order valence-electron chi connectivity index (χ0n) is 12.7.